The van der Waals surface area contributed by atoms with Gasteiger partial charge in [-0.05, 0) is 54.7 Å². The molecule has 2 aliphatic carbocycles. The molecule has 6 heteroatoms. The normalized spacial score (nSPS) is 18.0. The fourth-order valence-electron chi connectivity index (χ4n) is 4.35. The number of aryl methyl sites for hydroxylation is 1. The Morgan fingerprint density at radius 3 is 2.81 bits per heavy atom. The van der Waals surface area contributed by atoms with Crippen LogP contribution in [0, 0.1) is 12.8 Å². The molecule has 0 aliphatic heterocycles. The molecule has 0 saturated heterocycles. The molecule has 26 heavy (non-hydrogen) atoms. The summed E-state index contributed by atoms with van der Waals surface area (Å²) in [5.74, 6) is 0.567. The zero-order chi connectivity index (χ0) is 17.7. The standard InChI is InChI=1S/C20H23N5O/c1-13-5-4-6-15-11-16(19-21-22-23-25(19)18(13)15)12-24(17-7-2-3-8-17)20(26)14-9-10-14/h4-6,11,14,17H,2-3,7-10,12H2,1H3. The molecule has 0 spiro atoms. The van der Waals surface area contributed by atoms with Crippen LogP contribution < -0.4 is 0 Å². The van der Waals surface area contributed by atoms with Gasteiger partial charge in [-0.2, -0.15) is 4.52 Å². The van der Waals surface area contributed by atoms with Crippen molar-refractivity contribution >= 4 is 22.5 Å². The molecule has 0 radical (unpaired) electrons. The monoisotopic (exact) mass is 349 g/mol. The van der Waals surface area contributed by atoms with E-state index in [0.717, 1.165) is 53.4 Å². The molecule has 0 bridgehead atoms. The van der Waals surface area contributed by atoms with E-state index in [-0.39, 0.29) is 5.92 Å². The number of pyridine rings is 1. The van der Waals surface area contributed by atoms with E-state index in [2.05, 4.69) is 51.6 Å². The van der Waals surface area contributed by atoms with E-state index >= 15 is 0 Å². The molecule has 3 aromatic rings. The number of carbonyl (C=O) groups is 1. The van der Waals surface area contributed by atoms with Gasteiger partial charge < -0.3 is 4.90 Å². The van der Waals surface area contributed by atoms with Gasteiger partial charge in [-0.1, -0.05) is 31.0 Å². The maximum atomic E-state index is 13.0. The SMILES string of the molecule is Cc1cccc2cc(CN(C(=O)C3CC3)C3CCCC3)c3nnnn3c12. The Bertz CT molecular complexity index is 984. The Morgan fingerprint density at radius 1 is 1.23 bits per heavy atom. The van der Waals surface area contributed by atoms with E-state index in [1.54, 1.807) is 0 Å². The van der Waals surface area contributed by atoms with E-state index in [1.165, 1.54) is 12.8 Å². The number of nitrogens with zero attached hydrogens (tertiary/aromatic N) is 5. The molecular formula is C20H23N5O. The van der Waals surface area contributed by atoms with Gasteiger partial charge in [0.15, 0.2) is 5.65 Å². The van der Waals surface area contributed by atoms with Gasteiger partial charge in [-0.25, -0.2) is 0 Å². The summed E-state index contributed by atoms with van der Waals surface area (Å²) in [6.07, 6.45) is 6.76. The first-order chi connectivity index (χ1) is 12.7. The molecule has 134 valence electrons. The van der Waals surface area contributed by atoms with Crippen molar-refractivity contribution in [1.82, 2.24) is 24.9 Å². The number of benzene rings is 1. The number of amides is 1. The second kappa shape index (κ2) is 6.04. The summed E-state index contributed by atoms with van der Waals surface area (Å²) in [7, 11) is 0. The zero-order valence-electron chi connectivity index (χ0n) is 15.1. The molecule has 2 aromatic heterocycles. The summed E-state index contributed by atoms with van der Waals surface area (Å²) in [5.41, 5.74) is 3.98. The van der Waals surface area contributed by atoms with Crippen LogP contribution in [0.4, 0.5) is 0 Å². The Hall–Kier alpha value is -2.50. The van der Waals surface area contributed by atoms with Crippen molar-refractivity contribution in [2.75, 3.05) is 0 Å². The molecule has 2 aliphatic rings. The molecule has 2 saturated carbocycles. The van der Waals surface area contributed by atoms with Crippen LogP contribution in [0.5, 0.6) is 0 Å². The zero-order valence-corrected chi connectivity index (χ0v) is 15.1. The van der Waals surface area contributed by atoms with Gasteiger partial charge in [0.05, 0.1) is 5.52 Å². The lowest BCUT2D eigenvalue weighted by atomic mass is 10.1. The van der Waals surface area contributed by atoms with E-state index in [9.17, 15) is 4.79 Å². The lowest BCUT2D eigenvalue weighted by Crippen LogP contribution is -2.39. The average Bonchev–Trinajstić information content (AvgIpc) is 3.14. The predicted molar refractivity (Wildman–Crippen MR) is 98.6 cm³/mol. The minimum absolute atomic E-state index is 0.241. The van der Waals surface area contributed by atoms with Crippen molar-refractivity contribution in [3.05, 3.63) is 35.4 Å². The quantitative estimate of drug-likeness (QED) is 0.725. The largest absolute Gasteiger partial charge is 0.335 e. The van der Waals surface area contributed by atoms with Crippen LogP contribution in [-0.2, 0) is 11.3 Å². The van der Waals surface area contributed by atoms with Crippen LogP contribution >= 0.6 is 0 Å². The molecule has 1 aromatic carbocycles. The number of rotatable bonds is 4. The van der Waals surface area contributed by atoms with Crippen molar-refractivity contribution in [3.8, 4) is 0 Å². The van der Waals surface area contributed by atoms with Gasteiger partial charge in [0, 0.05) is 29.5 Å². The predicted octanol–water partition coefficient (Wildman–Crippen LogP) is 3.27. The second-order valence-corrected chi connectivity index (χ2v) is 7.78. The van der Waals surface area contributed by atoms with Crippen molar-refractivity contribution in [3.63, 3.8) is 0 Å². The summed E-state index contributed by atoms with van der Waals surface area (Å²) in [4.78, 5) is 15.1. The van der Waals surface area contributed by atoms with Crippen LogP contribution in [-0.4, -0.2) is 36.9 Å². The highest BCUT2D eigenvalue weighted by Crippen LogP contribution is 2.35. The number of fused-ring (bicyclic) bond motifs is 3. The maximum absolute atomic E-state index is 13.0. The van der Waals surface area contributed by atoms with E-state index in [4.69, 9.17) is 0 Å². The molecule has 0 atom stereocenters. The number of hydrogen-bond acceptors (Lipinski definition) is 4. The van der Waals surface area contributed by atoms with Gasteiger partial charge in [-0.3, -0.25) is 4.79 Å². The lowest BCUT2D eigenvalue weighted by Gasteiger charge is -2.29. The average molecular weight is 349 g/mol. The van der Waals surface area contributed by atoms with E-state index < -0.39 is 0 Å². The third-order valence-electron chi connectivity index (χ3n) is 5.88. The highest BCUT2D eigenvalue weighted by molar-refractivity contribution is 5.86. The third-order valence-corrected chi connectivity index (χ3v) is 5.88. The molecular weight excluding hydrogens is 326 g/mol. The van der Waals surface area contributed by atoms with Gasteiger partial charge in [-0.15, -0.1) is 5.10 Å². The molecule has 2 fully saturated rings. The Labute approximate surface area is 152 Å². The Kier molecular flexibility index (Phi) is 3.65. The first-order valence-corrected chi connectivity index (χ1v) is 9.62. The summed E-state index contributed by atoms with van der Waals surface area (Å²) in [5, 5.41) is 13.5. The number of para-hydroxylation sites is 1. The van der Waals surface area contributed by atoms with Crippen LogP contribution in [0.25, 0.3) is 16.6 Å². The first kappa shape index (κ1) is 15.7. The summed E-state index contributed by atoms with van der Waals surface area (Å²) in [6, 6.07) is 8.75. The number of carbonyl (C=O) groups excluding carboxylic acids is 1. The molecule has 0 N–H and O–H groups in total. The summed E-state index contributed by atoms with van der Waals surface area (Å²) < 4.78 is 1.83. The highest BCUT2D eigenvalue weighted by Gasteiger charge is 2.37. The first-order valence-electron chi connectivity index (χ1n) is 9.62. The molecule has 1 amide bonds. The molecule has 5 rings (SSSR count). The van der Waals surface area contributed by atoms with Crippen LogP contribution in [0.2, 0.25) is 0 Å². The van der Waals surface area contributed by atoms with Crippen molar-refractivity contribution in [1.29, 1.82) is 0 Å². The molecule has 0 unspecified atom stereocenters. The fraction of sp³-hybridized carbons (Fsp3) is 0.500. The number of tetrazole rings is 1. The second-order valence-electron chi connectivity index (χ2n) is 7.78. The van der Waals surface area contributed by atoms with E-state index in [1.807, 2.05) is 4.52 Å². The Morgan fingerprint density at radius 2 is 2.04 bits per heavy atom. The molecule has 6 nitrogen and oxygen atoms in total. The van der Waals surface area contributed by atoms with Gasteiger partial charge in [0.2, 0.25) is 5.91 Å². The maximum Gasteiger partial charge on any atom is 0.226 e. The molecule has 2 heterocycles. The van der Waals surface area contributed by atoms with Crippen LogP contribution in [0.3, 0.4) is 0 Å². The highest BCUT2D eigenvalue weighted by atomic mass is 16.2. The number of aromatic nitrogens is 4. The van der Waals surface area contributed by atoms with E-state index in [0.29, 0.717) is 18.5 Å². The summed E-state index contributed by atoms with van der Waals surface area (Å²) >= 11 is 0. The van der Waals surface area contributed by atoms with Crippen molar-refractivity contribution < 1.29 is 4.79 Å². The number of hydrogen-bond donors (Lipinski definition) is 0. The smallest absolute Gasteiger partial charge is 0.226 e. The minimum Gasteiger partial charge on any atom is -0.335 e. The lowest BCUT2D eigenvalue weighted by molar-refractivity contribution is -0.135. The van der Waals surface area contributed by atoms with Crippen LogP contribution in [0.1, 0.15) is 49.7 Å². The van der Waals surface area contributed by atoms with Gasteiger partial charge in [0.25, 0.3) is 0 Å². The van der Waals surface area contributed by atoms with Crippen LogP contribution in [0.15, 0.2) is 24.3 Å². The van der Waals surface area contributed by atoms with Gasteiger partial charge >= 0.3 is 0 Å². The summed E-state index contributed by atoms with van der Waals surface area (Å²) in [6.45, 7) is 2.68. The van der Waals surface area contributed by atoms with Gasteiger partial charge in [0.1, 0.15) is 0 Å². The topological polar surface area (TPSA) is 63.4 Å². The van der Waals surface area contributed by atoms with Crippen molar-refractivity contribution in [2.24, 2.45) is 5.92 Å². The Balaban J connectivity index is 1.60. The third kappa shape index (κ3) is 2.55. The van der Waals surface area contributed by atoms with Crippen molar-refractivity contribution in [2.45, 2.75) is 58.0 Å². The fourth-order valence-corrected chi connectivity index (χ4v) is 4.35. The minimum atomic E-state index is 0.241.